The van der Waals surface area contributed by atoms with E-state index in [1.54, 1.807) is 38.1 Å². The van der Waals surface area contributed by atoms with Gasteiger partial charge < -0.3 is 39.7 Å². The smallest absolute Gasteiger partial charge is 0.407 e. The number of alkyl carbamates (subject to hydrolysis) is 1. The van der Waals surface area contributed by atoms with Gasteiger partial charge in [-0.1, -0.05) is 12.1 Å². The summed E-state index contributed by atoms with van der Waals surface area (Å²) in [6.45, 7) is 5.27. The molecule has 0 fully saturated rings. The van der Waals surface area contributed by atoms with E-state index in [-0.39, 0.29) is 31.7 Å². The molecule has 1 rings (SSSR count). The van der Waals surface area contributed by atoms with Gasteiger partial charge in [0.1, 0.15) is 19.4 Å². The van der Waals surface area contributed by atoms with Crippen molar-refractivity contribution in [3.63, 3.8) is 0 Å². The van der Waals surface area contributed by atoms with Crippen molar-refractivity contribution >= 4 is 30.2 Å². The number of benzene rings is 1. The SMILES string of the molecule is CC(C)OC(=O)NCC(=O)ONCC(=O)NCCOCCOCCOCCNC(=O)c1ccc(C=O)cc1. The summed E-state index contributed by atoms with van der Waals surface area (Å²) in [4.78, 5) is 61.5. The van der Waals surface area contributed by atoms with E-state index in [1.807, 2.05) is 0 Å². The predicted molar refractivity (Wildman–Crippen MR) is 133 cm³/mol. The summed E-state index contributed by atoms with van der Waals surface area (Å²) < 4.78 is 20.9. The van der Waals surface area contributed by atoms with Crippen LogP contribution in [0.15, 0.2) is 24.3 Å². The van der Waals surface area contributed by atoms with E-state index in [4.69, 9.17) is 18.9 Å². The maximum Gasteiger partial charge on any atom is 0.407 e. The minimum absolute atomic E-state index is 0.245. The molecule has 38 heavy (non-hydrogen) atoms. The molecule has 4 N–H and O–H groups in total. The van der Waals surface area contributed by atoms with Gasteiger partial charge in [-0.05, 0) is 26.0 Å². The molecule has 0 aliphatic carbocycles. The third-order valence-electron chi connectivity index (χ3n) is 4.29. The first kappa shape index (κ1) is 32.4. The van der Waals surface area contributed by atoms with E-state index in [0.717, 1.165) is 0 Å². The summed E-state index contributed by atoms with van der Waals surface area (Å²) in [6.07, 6.45) is -0.343. The molecule has 1 aromatic carbocycles. The quantitative estimate of drug-likeness (QED) is 0.0958. The van der Waals surface area contributed by atoms with Crippen LogP contribution in [0, 0.1) is 0 Å². The molecule has 0 bridgehead atoms. The summed E-state index contributed by atoms with van der Waals surface area (Å²) in [5, 5.41) is 7.50. The van der Waals surface area contributed by atoms with Crippen LogP contribution in [0.4, 0.5) is 4.79 Å². The second-order valence-corrected chi connectivity index (χ2v) is 7.79. The lowest BCUT2D eigenvalue weighted by molar-refractivity contribution is -0.150. The van der Waals surface area contributed by atoms with Crippen molar-refractivity contribution in [2.75, 3.05) is 65.8 Å². The first-order valence-electron chi connectivity index (χ1n) is 12.0. The average Bonchev–Trinajstić information content (AvgIpc) is 2.89. The minimum Gasteiger partial charge on any atom is -0.447 e. The Morgan fingerprint density at radius 1 is 0.789 bits per heavy atom. The Morgan fingerprint density at radius 3 is 1.95 bits per heavy atom. The van der Waals surface area contributed by atoms with Gasteiger partial charge >= 0.3 is 12.1 Å². The summed E-state index contributed by atoms with van der Waals surface area (Å²) in [5.41, 5.74) is 3.17. The zero-order valence-corrected chi connectivity index (χ0v) is 21.6. The molecular formula is C24H36N4O10. The van der Waals surface area contributed by atoms with E-state index in [9.17, 15) is 24.0 Å². The molecule has 0 aliphatic rings. The fraction of sp³-hybridized carbons (Fsp3) is 0.542. The van der Waals surface area contributed by atoms with Crippen molar-refractivity contribution in [2.24, 2.45) is 0 Å². The molecule has 14 heteroatoms. The van der Waals surface area contributed by atoms with Gasteiger partial charge in [0, 0.05) is 24.2 Å². The molecule has 1 aromatic rings. The summed E-state index contributed by atoms with van der Waals surface area (Å²) in [7, 11) is 0. The number of hydrogen-bond donors (Lipinski definition) is 4. The number of aldehydes is 1. The number of hydroxylamine groups is 1. The van der Waals surface area contributed by atoms with Gasteiger partial charge in [-0.2, -0.15) is 0 Å². The van der Waals surface area contributed by atoms with E-state index in [1.165, 1.54) is 0 Å². The lowest BCUT2D eigenvalue weighted by atomic mass is 10.1. The largest absolute Gasteiger partial charge is 0.447 e. The van der Waals surface area contributed by atoms with Crippen molar-refractivity contribution in [2.45, 2.75) is 20.0 Å². The second kappa shape index (κ2) is 20.5. The molecule has 0 heterocycles. The molecule has 0 aliphatic heterocycles. The highest BCUT2D eigenvalue weighted by Gasteiger charge is 2.10. The van der Waals surface area contributed by atoms with E-state index in [0.29, 0.717) is 57.0 Å². The van der Waals surface area contributed by atoms with Crippen LogP contribution in [0.25, 0.3) is 0 Å². The highest BCUT2D eigenvalue weighted by molar-refractivity contribution is 5.94. The van der Waals surface area contributed by atoms with Crippen LogP contribution >= 0.6 is 0 Å². The van der Waals surface area contributed by atoms with E-state index in [2.05, 4.69) is 26.3 Å². The van der Waals surface area contributed by atoms with Crippen molar-refractivity contribution in [1.82, 2.24) is 21.4 Å². The van der Waals surface area contributed by atoms with Crippen molar-refractivity contribution in [1.29, 1.82) is 0 Å². The molecule has 0 atom stereocenters. The van der Waals surface area contributed by atoms with Gasteiger partial charge in [0.2, 0.25) is 5.91 Å². The molecule has 0 spiro atoms. The fourth-order valence-corrected chi connectivity index (χ4v) is 2.54. The molecule has 0 aromatic heterocycles. The summed E-state index contributed by atoms with van der Waals surface area (Å²) in [5.74, 6) is -1.43. The van der Waals surface area contributed by atoms with Gasteiger partial charge in [-0.3, -0.25) is 14.4 Å². The Bertz CT molecular complexity index is 864. The number of hydrogen-bond acceptors (Lipinski definition) is 11. The number of carbonyl (C=O) groups is 5. The standard InChI is InChI=1S/C24H36N4O10/c1-18(2)37-24(33)27-16-22(31)38-28-15-21(30)25-7-9-34-11-13-36-14-12-35-10-8-26-23(32)20-5-3-19(17-29)4-6-20/h3-6,17-18,28H,7-16H2,1-2H3,(H,25,30)(H,26,32)(H,27,33). The topological polar surface area (TPSA) is 180 Å². The molecule has 0 saturated carbocycles. The van der Waals surface area contributed by atoms with Crippen LogP contribution in [0.2, 0.25) is 0 Å². The van der Waals surface area contributed by atoms with Crippen LogP contribution in [0.3, 0.4) is 0 Å². The van der Waals surface area contributed by atoms with Crippen molar-refractivity contribution < 1.29 is 47.8 Å². The van der Waals surface area contributed by atoms with Gasteiger partial charge in [0.25, 0.3) is 5.91 Å². The highest BCUT2D eigenvalue weighted by Crippen LogP contribution is 2.02. The van der Waals surface area contributed by atoms with Crippen LogP contribution < -0.4 is 21.4 Å². The molecule has 14 nitrogen and oxygen atoms in total. The van der Waals surface area contributed by atoms with Gasteiger partial charge in [-0.15, -0.1) is 5.48 Å². The monoisotopic (exact) mass is 540 g/mol. The normalized spacial score (nSPS) is 10.5. The van der Waals surface area contributed by atoms with Gasteiger partial charge in [-0.25, -0.2) is 9.59 Å². The van der Waals surface area contributed by atoms with Crippen molar-refractivity contribution in [3.05, 3.63) is 35.4 Å². The number of rotatable bonds is 20. The van der Waals surface area contributed by atoms with E-state index >= 15 is 0 Å². The molecule has 212 valence electrons. The van der Waals surface area contributed by atoms with Crippen molar-refractivity contribution in [3.8, 4) is 0 Å². The zero-order valence-electron chi connectivity index (χ0n) is 21.6. The predicted octanol–water partition coefficient (Wildman–Crippen LogP) is -0.423. The lowest BCUT2D eigenvalue weighted by Crippen LogP contribution is -2.39. The van der Waals surface area contributed by atoms with Gasteiger partial charge in [0.15, 0.2) is 0 Å². The summed E-state index contributed by atoms with van der Waals surface area (Å²) >= 11 is 0. The Hall–Kier alpha value is -3.59. The third kappa shape index (κ3) is 17.0. The molecular weight excluding hydrogens is 504 g/mol. The third-order valence-corrected chi connectivity index (χ3v) is 4.29. The van der Waals surface area contributed by atoms with E-state index < -0.39 is 24.5 Å². The average molecular weight is 541 g/mol. The first-order valence-corrected chi connectivity index (χ1v) is 12.0. The highest BCUT2D eigenvalue weighted by atomic mass is 16.7. The number of ether oxygens (including phenoxy) is 4. The Balaban J connectivity index is 1.87. The number of nitrogens with one attached hydrogen (secondary N) is 4. The Kier molecular flexibility index (Phi) is 17.5. The molecule has 0 saturated heterocycles. The lowest BCUT2D eigenvalue weighted by Gasteiger charge is -2.10. The Morgan fingerprint density at radius 2 is 1.37 bits per heavy atom. The minimum atomic E-state index is -0.780. The molecule has 3 amide bonds. The summed E-state index contributed by atoms with van der Waals surface area (Å²) in [6, 6.07) is 6.32. The number of carbonyl (C=O) groups excluding carboxylic acids is 5. The Labute approximate surface area is 221 Å². The van der Waals surface area contributed by atoms with Crippen LogP contribution in [0.1, 0.15) is 34.6 Å². The molecule has 0 radical (unpaired) electrons. The zero-order chi connectivity index (χ0) is 28.0. The maximum atomic E-state index is 11.9. The van der Waals surface area contributed by atoms with Crippen LogP contribution in [0.5, 0.6) is 0 Å². The van der Waals surface area contributed by atoms with Crippen LogP contribution in [-0.2, 0) is 33.4 Å². The molecule has 0 unspecified atom stereocenters. The van der Waals surface area contributed by atoms with Gasteiger partial charge in [0.05, 0.1) is 45.7 Å². The number of amides is 3. The van der Waals surface area contributed by atoms with Crippen LogP contribution in [-0.4, -0.2) is 102 Å². The maximum absolute atomic E-state index is 11.9. The first-order chi connectivity index (χ1) is 18.3. The fourth-order valence-electron chi connectivity index (χ4n) is 2.54. The second-order valence-electron chi connectivity index (χ2n) is 7.79.